The third kappa shape index (κ3) is 2.33. The van der Waals surface area contributed by atoms with Crippen molar-refractivity contribution in [2.75, 3.05) is 0 Å². The lowest BCUT2D eigenvalue weighted by molar-refractivity contribution is 0.0659. The molecule has 0 amide bonds. The Morgan fingerprint density at radius 2 is 2.17 bits per heavy atom. The smallest absolute Gasteiger partial charge is 0.372 e. The molecule has 0 saturated heterocycles. The lowest BCUT2D eigenvalue weighted by atomic mass is 9.94. The highest BCUT2D eigenvalue weighted by Gasteiger charge is 2.29. The molecular weight excluding hydrogens is 304 g/mol. The summed E-state index contributed by atoms with van der Waals surface area (Å²) in [5.74, 6) is -0.262. The predicted molar refractivity (Wildman–Crippen MR) is 89.3 cm³/mol. The van der Waals surface area contributed by atoms with Crippen LogP contribution in [0.1, 0.15) is 38.6 Å². The zero-order valence-corrected chi connectivity index (χ0v) is 13.7. The monoisotopic (exact) mass is 322 g/mol. The van der Waals surface area contributed by atoms with Crippen LogP contribution >= 0.6 is 0 Å². The van der Waals surface area contributed by atoms with Crippen LogP contribution in [0.4, 0.5) is 0 Å². The molecule has 0 fully saturated rings. The molecule has 1 aromatic carbocycles. The number of aromatic carboxylic acids is 1. The molecule has 0 atom stereocenters. The molecule has 24 heavy (non-hydrogen) atoms. The van der Waals surface area contributed by atoms with Gasteiger partial charge in [0.2, 0.25) is 5.76 Å². The molecule has 1 N–H and O–H groups in total. The Bertz CT molecular complexity index is 950. The number of carboxylic acid groups (broad SMARTS) is 1. The molecule has 0 radical (unpaired) electrons. The highest BCUT2D eigenvalue weighted by Crippen LogP contribution is 2.38. The summed E-state index contributed by atoms with van der Waals surface area (Å²) in [5, 5.41) is 14.0. The number of aryl methyl sites for hydroxylation is 3. The summed E-state index contributed by atoms with van der Waals surface area (Å²) in [5.41, 5.74) is 5.96. The van der Waals surface area contributed by atoms with E-state index in [1.165, 1.54) is 11.1 Å². The molecule has 0 bridgehead atoms. The highest BCUT2D eigenvalue weighted by atomic mass is 16.4. The first-order valence-corrected chi connectivity index (χ1v) is 8.00. The number of fused-ring (bicyclic) bond motifs is 3. The zero-order valence-electron chi connectivity index (χ0n) is 13.7. The standard InChI is InChI=1S/C19H18N2O3/c1-11-4-3-5-13(8-11)9-21-10-14-6-7-15-16(17(14)20-21)12(2)18(24-15)19(22)23/h3-5,8,10H,6-7,9H2,1-2H3,(H,22,23). The number of carbonyl (C=O) groups is 1. The molecule has 0 spiro atoms. The maximum Gasteiger partial charge on any atom is 0.372 e. The van der Waals surface area contributed by atoms with E-state index in [0.29, 0.717) is 18.5 Å². The largest absolute Gasteiger partial charge is 0.475 e. The Labute approximate surface area is 139 Å². The topological polar surface area (TPSA) is 68.3 Å². The minimum atomic E-state index is -1.03. The number of rotatable bonds is 3. The maximum atomic E-state index is 11.3. The summed E-state index contributed by atoms with van der Waals surface area (Å²) < 4.78 is 7.48. The molecule has 2 aromatic heterocycles. The molecule has 2 heterocycles. The van der Waals surface area contributed by atoms with Gasteiger partial charge in [-0.1, -0.05) is 29.8 Å². The second-order valence-corrected chi connectivity index (χ2v) is 6.35. The van der Waals surface area contributed by atoms with Crippen LogP contribution in [0.15, 0.2) is 34.9 Å². The molecule has 3 aromatic rings. The fourth-order valence-electron chi connectivity index (χ4n) is 3.45. The Hall–Kier alpha value is -2.82. The van der Waals surface area contributed by atoms with Crippen LogP contribution in [0.2, 0.25) is 0 Å². The van der Waals surface area contributed by atoms with Crippen molar-refractivity contribution in [3.05, 3.63) is 64.2 Å². The molecular formula is C19H18N2O3. The number of nitrogens with zero attached hydrogens (tertiary/aromatic N) is 2. The molecule has 1 aliphatic rings. The summed E-state index contributed by atoms with van der Waals surface area (Å²) in [7, 11) is 0. The molecule has 5 heteroatoms. The second-order valence-electron chi connectivity index (χ2n) is 6.35. The quantitative estimate of drug-likeness (QED) is 0.800. The van der Waals surface area contributed by atoms with Gasteiger partial charge in [-0.3, -0.25) is 4.68 Å². The third-order valence-corrected chi connectivity index (χ3v) is 4.54. The molecule has 0 aliphatic heterocycles. The van der Waals surface area contributed by atoms with Crippen molar-refractivity contribution < 1.29 is 14.3 Å². The van der Waals surface area contributed by atoms with Crippen LogP contribution in [-0.4, -0.2) is 20.9 Å². The molecule has 4 rings (SSSR count). The van der Waals surface area contributed by atoms with Crippen LogP contribution in [0.5, 0.6) is 0 Å². The summed E-state index contributed by atoms with van der Waals surface area (Å²) >= 11 is 0. The third-order valence-electron chi connectivity index (χ3n) is 4.54. The number of hydrogen-bond donors (Lipinski definition) is 1. The van der Waals surface area contributed by atoms with Gasteiger partial charge in [0.25, 0.3) is 0 Å². The van der Waals surface area contributed by atoms with Gasteiger partial charge < -0.3 is 9.52 Å². The van der Waals surface area contributed by atoms with Gasteiger partial charge in [0.1, 0.15) is 5.76 Å². The summed E-state index contributed by atoms with van der Waals surface area (Å²) in [6, 6.07) is 8.36. The van der Waals surface area contributed by atoms with Gasteiger partial charge in [-0.25, -0.2) is 4.79 Å². The van der Waals surface area contributed by atoms with Gasteiger partial charge in [0.05, 0.1) is 12.2 Å². The van der Waals surface area contributed by atoms with Gasteiger partial charge >= 0.3 is 5.97 Å². The van der Waals surface area contributed by atoms with E-state index in [-0.39, 0.29) is 5.76 Å². The number of aromatic nitrogens is 2. The normalized spacial score (nSPS) is 12.8. The highest BCUT2D eigenvalue weighted by molar-refractivity contribution is 5.90. The Morgan fingerprint density at radius 3 is 2.92 bits per heavy atom. The Kier molecular flexibility index (Phi) is 3.30. The summed E-state index contributed by atoms with van der Waals surface area (Å²) in [6.45, 7) is 4.57. The lowest BCUT2D eigenvalue weighted by Crippen LogP contribution is -2.02. The molecule has 5 nitrogen and oxygen atoms in total. The second kappa shape index (κ2) is 5.37. The van der Waals surface area contributed by atoms with Crippen molar-refractivity contribution in [1.82, 2.24) is 9.78 Å². The van der Waals surface area contributed by atoms with Gasteiger partial charge in [0, 0.05) is 23.7 Å². The van der Waals surface area contributed by atoms with Crippen molar-refractivity contribution in [1.29, 1.82) is 0 Å². The molecule has 122 valence electrons. The SMILES string of the molecule is Cc1cccc(Cn2cc3c(n2)-c2c(oc(C(=O)O)c2C)CC3)c1. The number of hydrogen-bond acceptors (Lipinski definition) is 3. The van der Waals surface area contributed by atoms with Gasteiger partial charge in [0.15, 0.2) is 0 Å². The number of carboxylic acids is 1. The molecule has 1 aliphatic carbocycles. The first kappa shape index (κ1) is 14.8. The van der Waals surface area contributed by atoms with Crippen molar-refractivity contribution >= 4 is 5.97 Å². The van der Waals surface area contributed by atoms with Crippen LogP contribution in [0, 0.1) is 13.8 Å². The van der Waals surface area contributed by atoms with E-state index in [2.05, 4.69) is 31.3 Å². The summed E-state index contributed by atoms with van der Waals surface area (Å²) in [4.78, 5) is 11.3. The Morgan fingerprint density at radius 1 is 1.33 bits per heavy atom. The maximum absolute atomic E-state index is 11.3. The zero-order chi connectivity index (χ0) is 16.8. The Balaban J connectivity index is 1.74. The first-order valence-electron chi connectivity index (χ1n) is 8.00. The van der Waals surface area contributed by atoms with Crippen molar-refractivity contribution in [2.24, 2.45) is 0 Å². The van der Waals surface area contributed by atoms with Crippen molar-refractivity contribution in [3.8, 4) is 11.3 Å². The van der Waals surface area contributed by atoms with E-state index in [1.807, 2.05) is 10.7 Å². The minimum absolute atomic E-state index is 0.0288. The number of furan rings is 1. The van der Waals surface area contributed by atoms with Crippen LogP contribution in [0.25, 0.3) is 11.3 Å². The van der Waals surface area contributed by atoms with E-state index >= 15 is 0 Å². The lowest BCUT2D eigenvalue weighted by Gasteiger charge is -2.09. The first-order chi connectivity index (χ1) is 11.5. The van der Waals surface area contributed by atoms with Gasteiger partial charge in [-0.05, 0) is 31.4 Å². The van der Waals surface area contributed by atoms with Crippen molar-refractivity contribution in [3.63, 3.8) is 0 Å². The van der Waals surface area contributed by atoms with Gasteiger partial charge in [-0.15, -0.1) is 0 Å². The average molecular weight is 322 g/mol. The fourth-order valence-corrected chi connectivity index (χ4v) is 3.45. The van der Waals surface area contributed by atoms with Crippen molar-refractivity contribution in [2.45, 2.75) is 33.2 Å². The van der Waals surface area contributed by atoms with E-state index in [9.17, 15) is 9.90 Å². The number of benzene rings is 1. The van der Waals surface area contributed by atoms with Crippen LogP contribution in [0.3, 0.4) is 0 Å². The summed E-state index contributed by atoms with van der Waals surface area (Å²) in [6.07, 6.45) is 3.60. The van der Waals surface area contributed by atoms with Crippen LogP contribution < -0.4 is 0 Å². The van der Waals surface area contributed by atoms with Gasteiger partial charge in [-0.2, -0.15) is 5.10 Å². The molecule has 0 saturated carbocycles. The van der Waals surface area contributed by atoms with E-state index in [0.717, 1.165) is 29.0 Å². The van der Waals surface area contributed by atoms with E-state index < -0.39 is 5.97 Å². The average Bonchev–Trinajstić information content (AvgIpc) is 3.07. The van der Waals surface area contributed by atoms with E-state index in [4.69, 9.17) is 9.52 Å². The predicted octanol–water partition coefficient (Wildman–Crippen LogP) is 3.61. The van der Waals surface area contributed by atoms with Crippen LogP contribution in [-0.2, 0) is 19.4 Å². The molecule has 0 unspecified atom stereocenters. The minimum Gasteiger partial charge on any atom is -0.475 e. The fraction of sp³-hybridized carbons (Fsp3) is 0.263. The van der Waals surface area contributed by atoms with E-state index in [1.54, 1.807) is 6.92 Å².